The molecule has 2 aromatic heterocycles. The number of nitrogen functional groups attached to an aromatic ring is 1. The van der Waals surface area contributed by atoms with Crippen molar-refractivity contribution in [3.05, 3.63) is 20.8 Å². The number of rotatable bonds is 4. The van der Waals surface area contributed by atoms with Crippen molar-refractivity contribution in [3.8, 4) is 11.6 Å². The molecular formula is C13H16Br2N6. The molecule has 2 aromatic rings. The van der Waals surface area contributed by atoms with E-state index in [9.17, 15) is 0 Å². The topological polar surface area (TPSA) is 89.6 Å². The molecule has 0 saturated heterocycles. The van der Waals surface area contributed by atoms with Crippen LogP contribution in [0.15, 0.2) is 15.1 Å². The maximum atomic E-state index is 5.80. The maximum absolute atomic E-state index is 5.80. The summed E-state index contributed by atoms with van der Waals surface area (Å²) in [4.78, 5) is 17.5. The highest BCUT2D eigenvalue weighted by molar-refractivity contribution is 9.11. The standard InChI is InChI=1S/C13H16Br2N6/c1-6(2)4-8-9(15)11(17-3)21-13(19-8)12-18-5-7(14)10(16)20-12/h5-6H,4H2,1-3H3,(H2,16,18,20)(H,17,19,21). The molecule has 0 aliphatic carbocycles. The summed E-state index contributed by atoms with van der Waals surface area (Å²) in [6.45, 7) is 4.28. The van der Waals surface area contributed by atoms with E-state index in [1.54, 1.807) is 6.20 Å². The van der Waals surface area contributed by atoms with Gasteiger partial charge in [-0.05, 0) is 44.2 Å². The molecule has 0 radical (unpaired) electrons. The first-order valence-corrected chi connectivity index (χ1v) is 8.03. The molecule has 8 heteroatoms. The van der Waals surface area contributed by atoms with Crippen LogP contribution in [-0.2, 0) is 6.42 Å². The first-order chi connectivity index (χ1) is 9.92. The van der Waals surface area contributed by atoms with E-state index in [-0.39, 0.29) is 0 Å². The zero-order valence-corrected chi connectivity index (χ0v) is 15.2. The normalized spacial score (nSPS) is 11.0. The van der Waals surface area contributed by atoms with E-state index in [2.05, 4.69) is 71.0 Å². The van der Waals surface area contributed by atoms with Gasteiger partial charge in [0.1, 0.15) is 11.6 Å². The molecule has 0 fully saturated rings. The molecule has 2 rings (SSSR count). The number of nitrogens with two attached hydrogens (primary N) is 1. The Morgan fingerprint density at radius 1 is 1.19 bits per heavy atom. The Kier molecular flexibility index (Phi) is 5.10. The second kappa shape index (κ2) is 6.65. The van der Waals surface area contributed by atoms with E-state index < -0.39 is 0 Å². The third-order valence-electron chi connectivity index (χ3n) is 2.73. The fourth-order valence-corrected chi connectivity index (χ4v) is 2.50. The van der Waals surface area contributed by atoms with Crippen molar-refractivity contribution >= 4 is 43.5 Å². The lowest BCUT2D eigenvalue weighted by atomic mass is 10.1. The molecule has 0 bridgehead atoms. The van der Waals surface area contributed by atoms with E-state index in [4.69, 9.17) is 5.73 Å². The quantitative estimate of drug-likeness (QED) is 0.796. The molecule has 112 valence electrons. The number of halogens is 2. The first kappa shape index (κ1) is 16.1. The summed E-state index contributed by atoms with van der Waals surface area (Å²) in [7, 11) is 1.81. The molecule has 3 N–H and O–H groups in total. The zero-order valence-electron chi connectivity index (χ0n) is 12.0. The predicted octanol–water partition coefficient (Wildman–Crippen LogP) is 3.28. The molecule has 0 aliphatic heterocycles. The van der Waals surface area contributed by atoms with Gasteiger partial charge < -0.3 is 11.1 Å². The number of nitrogens with one attached hydrogen (secondary N) is 1. The predicted molar refractivity (Wildman–Crippen MR) is 91.0 cm³/mol. The monoisotopic (exact) mass is 414 g/mol. The number of hydrogen-bond acceptors (Lipinski definition) is 6. The molecule has 0 aromatic carbocycles. The SMILES string of the molecule is CNc1nc(-c2ncc(Br)c(N)n2)nc(CC(C)C)c1Br. The van der Waals surface area contributed by atoms with Crippen LogP contribution in [0.25, 0.3) is 11.6 Å². The fraction of sp³-hybridized carbons (Fsp3) is 0.385. The van der Waals surface area contributed by atoms with Gasteiger partial charge in [0, 0.05) is 13.2 Å². The van der Waals surface area contributed by atoms with Gasteiger partial charge in [-0.3, -0.25) is 0 Å². The van der Waals surface area contributed by atoms with Crippen molar-refractivity contribution in [2.45, 2.75) is 20.3 Å². The molecular weight excluding hydrogens is 400 g/mol. The third kappa shape index (κ3) is 3.68. The van der Waals surface area contributed by atoms with E-state index in [1.165, 1.54) is 0 Å². The van der Waals surface area contributed by atoms with Gasteiger partial charge in [-0.2, -0.15) is 0 Å². The minimum absolute atomic E-state index is 0.364. The number of hydrogen-bond donors (Lipinski definition) is 2. The minimum Gasteiger partial charge on any atom is -0.383 e. The zero-order chi connectivity index (χ0) is 15.6. The summed E-state index contributed by atoms with van der Waals surface area (Å²) in [5, 5.41) is 3.05. The Balaban J connectivity index is 2.54. The number of nitrogens with zero attached hydrogens (tertiary/aromatic N) is 4. The summed E-state index contributed by atoms with van der Waals surface area (Å²) in [5.41, 5.74) is 6.72. The second-order valence-electron chi connectivity index (χ2n) is 4.93. The van der Waals surface area contributed by atoms with E-state index in [0.717, 1.165) is 16.6 Å². The van der Waals surface area contributed by atoms with E-state index >= 15 is 0 Å². The molecule has 0 saturated carbocycles. The highest BCUT2D eigenvalue weighted by Gasteiger charge is 2.16. The lowest BCUT2D eigenvalue weighted by Gasteiger charge is -2.12. The molecule has 0 atom stereocenters. The van der Waals surface area contributed by atoms with Crippen LogP contribution in [0.5, 0.6) is 0 Å². The molecule has 0 amide bonds. The molecule has 6 nitrogen and oxygen atoms in total. The summed E-state index contributed by atoms with van der Waals surface area (Å²) >= 11 is 6.82. The summed E-state index contributed by atoms with van der Waals surface area (Å²) in [6.07, 6.45) is 2.43. The minimum atomic E-state index is 0.364. The second-order valence-corrected chi connectivity index (χ2v) is 6.58. The van der Waals surface area contributed by atoms with Gasteiger partial charge in [0.2, 0.25) is 0 Å². The van der Waals surface area contributed by atoms with Crippen molar-refractivity contribution < 1.29 is 0 Å². The highest BCUT2D eigenvalue weighted by atomic mass is 79.9. The van der Waals surface area contributed by atoms with Gasteiger partial charge in [-0.1, -0.05) is 13.8 Å². The van der Waals surface area contributed by atoms with Crippen LogP contribution < -0.4 is 11.1 Å². The average Bonchev–Trinajstić information content (AvgIpc) is 2.43. The molecule has 2 heterocycles. The Bertz CT molecular complexity index is 659. The summed E-state index contributed by atoms with van der Waals surface area (Å²) in [5.74, 6) is 2.41. The number of aromatic nitrogens is 4. The lowest BCUT2D eigenvalue weighted by Crippen LogP contribution is -2.07. The van der Waals surface area contributed by atoms with Crippen molar-refractivity contribution in [1.29, 1.82) is 0 Å². The van der Waals surface area contributed by atoms with Gasteiger partial charge >= 0.3 is 0 Å². The smallest absolute Gasteiger partial charge is 0.200 e. The van der Waals surface area contributed by atoms with Crippen molar-refractivity contribution in [2.75, 3.05) is 18.1 Å². The van der Waals surface area contributed by atoms with Crippen LogP contribution in [-0.4, -0.2) is 27.0 Å². The largest absolute Gasteiger partial charge is 0.383 e. The van der Waals surface area contributed by atoms with E-state index in [1.807, 2.05) is 7.05 Å². The van der Waals surface area contributed by atoms with Crippen molar-refractivity contribution in [2.24, 2.45) is 5.92 Å². The van der Waals surface area contributed by atoms with Crippen LogP contribution in [0.2, 0.25) is 0 Å². The Labute approximate surface area is 140 Å². The average molecular weight is 416 g/mol. The van der Waals surface area contributed by atoms with Crippen molar-refractivity contribution in [1.82, 2.24) is 19.9 Å². The summed E-state index contributed by atoms with van der Waals surface area (Å²) < 4.78 is 1.52. The van der Waals surface area contributed by atoms with Gasteiger partial charge in [-0.25, -0.2) is 19.9 Å². The van der Waals surface area contributed by atoms with E-state index in [0.29, 0.717) is 33.7 Å². The summed E-state index contributed by atoms with van der Waals surface area (Å²) in [6, 6.07) is 0. The van der Waals surface area contributed by atoms with Crippen LogP contribution in [0.4, 0.5) is 11.6 Å². The first-order valence-electron chi connectivity index (χ1n) is 6.45. The Morgan fingerprint density at radius 2 is 1.90 bits per heavy atom. The highest BCUT2D eigenvalue weighted by Crippen LogP contribution is 2.28. The third-order valence-corrected chi connectivity index (χ3v) is 4.17. The van der Waals surface area contributed by atoms with Crippen LogP contribution >= 0.6 is 31.9 Å². The molecule has 0 aliphatic rings. The Hall–Kier alpha value is -1.28. The molecule has 21 heavy (non-hydrogen) atoms. The Morgan fingerprint density at radius 3 is 2.48 bits per heavy atom. The van der Waals surface area contributed by atoms with Crippen LogP contribution in [0, 0.1) is 5.92 Å². The van der Waals surface area contributed by atoms with Gasteiger partial charge in [0.15, 0.2) is 11.6 Å². The van der Waals surface area contributed by atoms with Crippen LogP contribution in [0.1, 0.15) is 19.5 Å². The van der Waals surface area contributed by atoms with Crippen LogP contribution in [0.3, 0.4) is 0 Å². The maximum Gasteiger partial charge on any atom is 0.200 e. The number of anilines is 2. The lowest BCUT2D eigenvalue weighted by molar-refractivity contribution is 0.632. The molecule has 0 unspecified atom stereocenters. The van der Waals surface area contributed by atoms with Gasteiger partial charge in [0.05, 0.1) is 14.6 Å². The van der Waals surface area contributed by atoms with Crippen molar-refractivity contribution in [3.63, 3.8) is 0 Å². The van der Waals surface area contributed by atoms with Gasteiger partial charge in [-0.15, -0.1) is 0 Å². The molecule has 0 spiro atoms. The van der Waals surface area contributed by atoms with Gasteiger partial charge in [0.25, 0.3) is 0 Å². The fourth-order valence-electron chi connectivity index (χ4n) is 1.77.